The van der Waals surface area contributed by atoms with Gasteiger partial charge < -0.3 is 0 Å². The number of aryl methyl sites for hydroxylation is 2. The molecule has 1 nitrogen and oxygen atoms in total. The van der Waals surface area contributed by atoms with Crippen molar-refractivity contribution in [2.45, 2.75) is 78.6 Å². The van der Waals surface area contributed by atoms with Crippen LogP contribution in [-0.2, 0) is 11.2 Å². The molecular formula is C19H30O. The van der Waals surface area contributed by atoms with Gasteiger partial charge in [0.2, 0.25) is 0 Å². The largest absolute Gasteiger partial charge is 0.299 e. The van der Waals surface area contributed by atoms with E-state index in [0.717, 1.165) is 12.8 Å². The van der Waals surface area contributed by atoms with Crippen molar-refractivity contribution in [1.82, 2.24) is 0 Å². The highest BCUT2D eigenvalue weighted by Crippen LogP contribution is 2.16. The molecule has 0 radical (unpaired) electrons. The SMILES string of the molecule is CCCCCCCCCC(=O)Cc1c(C)cccc1C. The molecule has 0 atom stereocenters. The quantitative estimate of drug-likeness (QED) is 0.511. The van der Waals surface area contributed by atoms with Crippen LogP contribution in [0, 0.1) is 13.8 Å². The molecule has 112 valence electrons. The Balaban J connectivity index is 2.21. The van der Waals surface area contributed by atoms with E-state index in [1.165, 1.54) is 55.2 Å². The minimum absolute atomic E-state index is 0.399. The van der Waals surface area contributed by atoms with Crippen LogP contribution < -0.4 is 0 Å². The molecule has 0 bridgehead atoms. The molecule has 0 aromatic heterocycles. The number of rotatable bonds is 10. The van der Waals surface area contributed by atoms with Crippen LogP contribution in [0.2, 0.25) is 0 Å². The monoisotopic (exact) mass is 274 g/mol. The van der Waals surface area contributed by atoms with Gasteiger partial charge in [0.05, 0.1) is 0 Å². The molecule has 1 rings (SSSR count). The lowest BCUT2D eigenvalue weighted by Crippen LogP contribution is -2.05. The third-order valence-corrected chi connectivity index (χ3v) is 4.08. The minimum Gasteiger partial charge on any atom is -0.299 e. The Morgan fingerprint density at radius 1 is 0.900 bits per heavy atom. The Bertz CT molecular complexity index is 386. The number of ketones is 1. The average Bonchev–Trinajstić information content (AvgIpc) is 2.42. The topological polar surface area (TPSA) is 17.1 Å². The Hall–Kier alpha value is -1.11. The number of hydrogen-bond donors (Lipinski definition) is 0. The summed E-state index contributed by atoms with van der Waals surface area (Å²) in [7, 11) is 0. The number of Topliss-reactive ketones (excluding diaryl/α,β-unsaturated/α-hetero) is 1. The van der Waals surface area contributed by atoms with Gasteiger partial charge in [0.25, 0.3) is 0 Å². The lowest BCUT2D eigenvalue weighted by atomic mass is 9.96. The molecule has 0 aliphatic rings. The van der Waals surface area contributed by atoms with Crippen molar-refractivity contribution in [3.8, 4) is 0 Å². The summed E-state index contributed by atoms with van der Waals surface area (Å²) < 4.78 is 0. The van der Waals surface area contributed by atoms with Crippen LogP contribution in [0.15, 0.2) is 18.2 Å². The number of unbranched alkanes of at least 4 members (excludes halogenated alkanes) is 6. The van der Waals surface area contributed by atoms with E-state index in [2.05, 4.69) is 39.0 Å². The summed E-state index contributed by atoms with van der Waals surface area (Å²) in [6, 6.07) is 6.27. The molecule has 0 fully saturated rings. The molecule has 0 aliphatic heterocycles. The third-order valence-electron chi connectivity index (χ3n) is 4.08. The number of carbonyl (C=O) groups is 1. The Labute approximate surface area is 124 Å². The fraction of sp³-hybridized carbons (Fsp3) is 0.632. The van der Waals surface area contributed by atoms with Crippen LogP contribution in [0.25, 0.3) is 0 Å². The van der Waals surface area contributed by atoms with E-state index in [1.54, 1.807) is 0 Å². The number of carbonyl (C=O) groups excluding carboxylic acids is 1. The van der Waals surface area contributed by atoms with Crippen LogP contribution >= 0.6 is 0 Å². The molecule has 0 spiro atoms. The summed E-state index contributed by atoms with van der Waals surface area (Å²) in [5.41, 5.74) is 3.73. The van der Waals surface area contributed by atoms with Crippen LogP contribution in [0.5, 0.6) is 0 Å². The first kappa shape index (κ1) is 16.9. The van der Waals surface area contributed by atoms with E-state index in [4.69, 9.17) is 0 Å². The molecule has 0 saturated heterocycles. The molecule has 0 N–H and O–H groups in total. The van der Waals surface area contributed by atoms with Gasteiger partial charge in [-0.3, -0.25) is 4.79 Å². The smallest absolute Gasteiger partial charge is 0.137 e. The van der Waals surface area contributed by atoms with E-state index in [9.17, 15) is 4.79 Å². The van der Waals surface area contributed by atoms with Crippen molar-refractivity contribution in [3.63, 3.8) is 0 Å². The second-order valence-electron chi connectivity index (χ2n) is 5.96. The van der Waals surface area contributed by atoms with E-state index >= 15 is 0 Å². The van der Waals surface area contributed by atoms with Gasteiger partial charge in [0.15, 0.2) is 0 Å². The molecule has 0 heterocycles. The van der Waals surface area contributed by atoms with Crippen molar-refractivity contribution in [2.75, 3.05) is 0 Å². The number of benzene rings is 1. The van der Waals surface area contributed by atoms with Gasteiger partial charge in [-0.2, -0.15) is 0 Å². The molecule has 0 saturated carbocycles. The van der Waals surface area contributed by atoms with Gasteiger partial charge in [-0.1, -0.05) is 63.6 Å². The molecule has 0 unspecified atom stereocenters. The Kier molecular flexibility index (Phi) is 8.25. The van der Waals surface area contributed by atoms with E-state index in [1.807, 2.05) is 0 Å². The summed E-state index contributed by atoms with van der Waals surface area (Å²) in [6.45, 7) is 6.44. The van der Waals surface area contributed by atoms with Crippen LogP contribution in [0.1, 0.15) is 75.0 Å². The molecule has 1 heteroatoms. The van der Waals surface area contributed by atoms with Crippen LogP contribution in [-0.4, -0.2) is 5.78 Å². The summed E-state index contributed by atoms with van der Waals surface area (Å²) in [6.07, 6.45) is 10.3. The Morgan fingerprint density at radius 3 is 2.05 bits per heavy atom. The second kappa shape index (κ2) is 9.74. The highest BCUT2D eigenvalue weighted by Gasteiger charge is 2.08. The van der Waals surface area contributed by atoms with Gasteiger partial charge in [-0.25, -0.2) is 0 Å². The maximum Gasteiger partial charge on any atom is 0.137 e. The highest BCUT2D eigenvalue weighted by molar-refractivity contribution is 5.81. The summed E-state index contributed by atoms with van der Waals surface area (Å²) in [4.78, 5) is 12.1. The zero-order valence-corrected chi connectivity index (χ0v) is 13.5. The summed E-state index contributed by atoms with van der Waals surface area (Å²) in [5.74, 6) is 0.399. The molecule has 1 aromatic rings. The van der Waals surface area contributed by atoms with Gasteiger partial charge in [-0.05, 0) is 37.0 Å². The van der Waals surface area contributed by atoms with Gasteiger partial charge in [0, 0.05) is 12.8 Å². The highest BCUT2D eigenvalue weighted by atomic mass is 16.1. The molecule has 1 aromatic carbocycles. The molecular weight excluding hydrogens is 244 g/mol. The first-order valence-electron chi connectivity index (χ1n) is 8.22. The maximum atomic E-state index is 12.1. The van der Waals surface area contributed by atoms with E-state index in [-0.39, 0.29) is 0 Å². The van der Waals surface area contributed by atoms with Crippen molar-refractivity contribution >= 4 is 5.78 Å². The fourth-order valence-electron chi connectivity index (χ4n) is 2.69. The lowest BCUT2D eigenvalue weighted by Gasteiger charge is -2.08. The average molecular weight is 274 g/mol. The Morgan fingerprint density at radius 2 is 1.45 bits per heavy atom. The van der Waals surface area contributed by atoms with Gasteiger partial charge in [-0.15, -0.1) is 0 Å². The molecule has 0 amide bonds. The summed E-state index contributed by atoms with van der Waals surface area (Å²) in [5, 5.41) is 0. The van der Waals surface area contributed by atoms with Crippen molar-refractivity contribution in [1.29, 1.82) is 0 Å². The second-order valence-corrected chi connectivity index (χ2v) is 5.96. The van der Waals surface area contributed by atoms with Gasteiger partial charge >= 0.3 is 0 Å². The minimum atomic E-state index is 0.399. The normalized spacial score (nSPS) is 10.8. The van der Waals surface area contributed by atoms with E-state index < -0.39 is 0 Å². The zero-order valence-electron chi connectivity index (χ0n) is 13.5. The predicted octanol–water partition coefficient (Wildman–Crippen LogP) is 5.56. The molecule has 0 aliphatic carbocycles. The zero-order chi connectivity index (χ0) is 14.8. The fourth-order valence-corrected chi connectivity index (χ4v) is 2.69. The van der Waals surface area contributed by atoms with Crippen molar-refractivity contribution in [2.24, 2.45) is 0 Å². The lowest BCUT2D eigenvalue weighted by molar-refractivity contribution is -0.118. The first-order chi connectivity index (χ1) is 9.65. The first-order valence-corrected chi connectivity index (χ1v) is 8.22. The maximum absolute atomic E-state index is 12.1. The van der Waals surface area contributed by atoms with Crippen LogP contribution in [0.3, 0.4) is 0 Å². The van der Waals surface area contributed by atoms with Crippen LogP contribution in [0.4, 0.5) is 0 Å². The number of hydrogen-bond acceptors (Lipinski definition) is 1. The van der Waals surface area contributed by atoms with Crippen molar-refractivity contribution < 1.29 is 4.79 Å². The van der Waals surface area contributed by atoms with Crippen molar-refractivity contribution in [3.05, 3.63) is 34.9 Å². The summed E-state index contributed by atoms with van der Waals surface area (Å²) >= 11 is 0. The van der Waals surface area contributed by atoms with Gasteiger partial charge in [0.1, 0.15) is 5.78 Å². The van der Waals surface area contributed by atoms with E-state index in [0.29, 0.717) is 12.2 Å². The third kappa shape index (κ3) is 6.36. The molecule has 20 heavy (non-hydrogen) atoms. The standard InChI is InChI=1S/C19H30O/c1-4-5-6-7-8-9-10-14-18(20)15-19-16(2)12-11-13-17(19)3/h11-13H,4-10,14-15H2,1-3H3. The predicted molar refractivity (Wildman–Crippen MR) is 87.2 cm³/mol.